The van der Waals surface area contributed by atoms with Gasteiger partial charge in [-0.25, -0.2) is 4.99 Å². The maximum absolute atomic E-state index is 13.4. The molecule has 2 aromatic carbocycles. The van der Waals surface area contributed by atoms with Gasteiger partial charge in [0.2, 0.25) is 0 Å². The van der Waals surface area contributed by atoms with Crippen molar-refractivity contribution in [1.29, 1.82) is 0 Å². The number of aryl methyl sites for hydroxylation is 2. The molecule has 0 unspecified atom stereocenters. The third-order valence-electron chi connectivity index (χ3n) is 4.64. The first-order chi connectivity index (χ1) is 14.4. The summed E-state index contributed by atoms with van der Waals surface area (Å²) in [5, 5.41) is 0.243. The molecule has 0 atom stereocenters. The Morgan fingerprint density at radius 3 is 2.06 bits per heavy atom. The Labute approximate surface area is 180 Å². The number of benzene rings is 2. The molecule has 3 rings (SSSR count). The van der Waals surface area contributed by atoms with Gasteiger partial charge in [0, 0.05) is 18.7 Å². The van der Waals surface area contributed by atoms with Gasteiger partial charge in [-0.1, -0.05) is 17.7 Å². The van der Waals surface area contributed by atoms with E-state index in [0.717, 1.165) is 5.56 Å². The van der Waals surface area contributed by atoms with Crippen LogP contribution < -0.4 is 0 Å². The van der Waals surface area contributed by atoms with Gasteiger partial charge in [0.05, 0.1) is 28.2 Å². The highest BCUT2D eigenvalue weighted by Crippen LogP contribution is 2.37. The fourth-order valence-corrected chi connectivity index (χ4v) is 3.60. The van der Waals surface area contributed by atoms with Crippen molar-refractivity contribution >= 4 is 29.5 Å². The number of rotatable bonds is 2. The maximum Gasteiger partial charge on any atom is 0.416 e. The number of amidine groups is 1. The van der Waals surface area contributed by atoms with Crippen LogP contribution in [0.4, 0.5) is 32.0 Å². The second kappa shape index (κ2) is 8.53. The largest absolute Gasteiger partial charge is 0.416 e. The Morgan fingerprint density at radius 1 is 0.968 bits per heavy atom. The average molecular weight is 462 g/mol. The molecule has 1 aliphatic heterocycles. The summed E-state index contributed by atoms with van der Waals surface area (Å²) in [6.45, 7) is 4.37. The molecule has 0 N–H and O–H groups in total. The van der Waals surface area contributed by atoms with Gasteiger partial charge in [-0.3, -0.25) is 4.99 Å². The van der Waals surface area contributed by atoms with Gasteiger partial charge in [0.1, 0.15) is 5.84 Å². The van der Waals surface area contributed by atoms with E-state index in [1.165, 1.54) is 11.2 Å². The lowest BCUT2D eigenvalue weighted by atomic mass is 10.0. The van der Waals surface area contributed by atoms with Crippen LogP contribution in [0.2, 0.25) is 5.02 Å². The summed E-state index contributed by atoms with van der Waals surface area (Å²) < 4.78 is 80.2. The highest BCUT2D eigenvalue weighted by atomic mass is 35.5. The van der Waals surface area contributed by atoms with E-state index in [9.17, 15) is 26.3 Å². The van der Waals surface area contributed by atoms with Crippen LogP contribution in [-0.4, -0.2) is 30.2 Å². The van der Waals surface area contributed by atoms with E-state index in [2.05, 4.69) is 9.98 Å². The van der Waals surface area contributed by atoms with Crippen molar-refractivity contribution in [2.45, 2.75) is 32.6 Å². The van der Waals surface area contributed by atoms with E-state index >= 15 is 0 Å². The summed E-state index contributed by atoms with van der Waals surface area (Å²) in [5.74, 6) is -0.0890. The van der Waals surface area contributed by atoms with Crippen molar-refractivity contribution in [2.24, 2.45) is 9.98 Å². The molecule has 0 radical (unpaired) electrons. The molecule has 0 saturated heterocycles. The zero-order chi connectivity index (χ0) is 23.0. The topological polar surface area (TPSA) is 28.0 Å². The van der Waals surface area contributed by atoms with Crippen LogP contribution >= 0.6 is 11.6 Å². The fraction of sp³-hybridized carbons (Fsp3) is 0.333. The summed E-state index contributed by atoms with van der Waals surface area (Å²) in [5.41, 5.74) is -1.39. The van der Waals surface area contributed by atoms with E-state index in [1.807, 2.05) is 6.92 Å². The van der Waals surface area contributed by atoms with E-state index in [0.29, 0.717) is 37.2 Å². The van der Waals surface area contributed by atoms with Crippen LogP contribution in [0.1, 0.15) is 34.2 Å². The lowest BCUT2D eigenvalue weighted by Gasteiger charge is -2.26. The SMILES string of the molecule is Cc1cc(C)c(/N=C(\c2cc(C(F)(F)F)cc(C(F)(F)F)c2)N2C=NCCC2)c(Cl)c1. The van der Waals surface area contributed by atoms with Crippen LogP contribution in [-0.2, 0) is 12.4 Å². The lowest BCUT2D eigenvalue weighted by molar-refractivity contribution is -0.143. The fourth-order valence-electron chi connectivity index (χ4n) is 3.24. The van der Waals surface area contributed by atoms with Crippen molar-refractivity contribution in [3.8, 4) is 0 Å². The Hall–Kier alpha value is -2.55. The molecule has 0 aliphatic carbocycles. The quantitative estimate of drug-likeness (QED) is 0.274. The monoisotopic (exact) mass is 461 g/mol. The minimum absolute atomic E-state index is 0.0890. The predicted molar refractivity (Wildman–Crippen MR) is 108 cm³/mol. The summed E-state index contributed by atoms with van der Waals surface area (Å²) in [6, 6.07) is 4.82. The molecule has 3 nitrogen and oxygen atoms in total. The second-order valence-corrected chi connectivity index (χ2v) is 7.62. The molecule has 166 valence electrons. The van der Waals surface area contributed by atoms with Crippen molar-refractivity contribution in [1.82, 2.24) is 4.90 Å². The van der Waals surface area contributed by atoms with Gasteiger partial charge in [-0.2, -0.15) is 26.3 Å². The molecule has 0 saturated carbocycles. The molecule has 1 heterocycles. The van der Waals surface area contributed by atoms with Crippen molar-refractivity contribution < 1.29 is 26.3 Å². The molecular weight excluding hydrogens is 444 g/mol. The Bertz CT molecular complexity index is 985. The smallest absolute Gasteiger partial charge is 0.317 e. The van der Waals surface area contributed by atoms with Crippen LogP contribution in [0, 0.1) is 13.8 Å². The first-order valence-electron chi connectivity index (χ1n) is 9.28. The third kappa shape index (κ3) is 5.39. The zero-order valence-electron chi connectivity index (χ0n) is 16.6. The molecule has 0 bridgehead atoms. The van der Waals surface area contributed by atoms with Crippen LogP contribution in [0.25, 0.3) is 0 Å². The average Bonchev–Trinajstić information content (AvgIpc) is 2.66. The summed E-state index contributed by atoms with van der Waals surface area (Å²) in [7, 11) is 0. The molecular formula is C21H18ClF6N3. The van der Waals surface area contributed by atoms with Gasteiger partial charge in [-0.05, 0) is 55.7 Å². The zero-order valence-corrected chi connectivity index (χ0v) is 17.3. The Kier molecular flexibility index (Phi) is 6.36. The number of hydrogen-bond acceptors (Lipinski definition) is 2. The second-order valence-electron chi connectivity index (χ2n) is 7.21. The van der Waals surface area contributed by atoms with E-state index in [4.69, 9.17) is 11.6 Å². The Balaban J connectivity index is 2.28. The van der Waals surface area contributed by atoms with Gasteiger partial charge < -0.3 is 4.90 Å². The Morgan fingerprint density at radius 2 is 1.58 bits per heavy atom. The molecule has 1 aliphatic rings. The van der Waals surface area contributed by atoms with Crippen molar-refractivity contribution in [2.75, 3.05) is 13.1 Å². The van der Waals surface area contributed by atoms with Gasteiger partial charge >= 0.3 is 12.4 Å². The summed E-state index contributed by atoms with van der Waals surface area (Å²) in [6.07, 6.45) is -7.99. The first-order valence-corrected chi connectivity index (χ1v) is 9.66. The lowest BCUT2D eigenvalue weighted by Crippen LogP contribution is -2.34. The van der Waals surface area contributed by atoms with Gasteiger partial charge in [-0.15, -0.1) is 0 Å². The van der Waals surface area contributed by atoms with Crippen LogP contribution in [0.5, 0.6) is 0 Å². The van der Waals surface area contributed by atoms with Crippen molar-refractivity contribution in [3.63, 3.8) is 0 Å². The third-order valence-corrected chi connectivity index (χ3v) is 4.93. The number of hydrogen-bond donors (Lipinski definition) is 0. The number of nitrogens with zero attached hydrogens (tertiary/aromatic N) is 3. The molecule has 0 spiro atoms. The molecule has 10 heteroatoms. The number of aliphatic imine (C=N–C) groups is 2. The van der Waals surface area contributed by atoms with Crippen molar-refractivity contribution in [3.05, 3.63) is 63.2 Å². The van der Waals surface area contributed by atoms with Gasteiger partial charge in [0.25, 0.3) is 0 Å². The standard InChI is InChI=1S/C21H18ClF6N3/c1-12-6-13(2)18(17(22)7-12)30-19(31-5-3-4-29-11-31)14-8-15(20(23,24)25)10-16(9-14)21(26,27)28/h6-11H,3-5H2,1-2H3/b30-19+. The van der Waals surface area contributed by atoms with E-state index in [-0.39, 0.29) is 28.2 Å². The molecule has 0 fully saturated rings. The summed E-state index contributed by atoms with van der Waals surface area (Å²) >= 11 is 6.29. The predicted octanol–water partition coefficient (Wildman–Crippen LogP) is 6.81. The number of halogens is 7. The van der Waals surface area contributed by atoms with E-state index < -0.39 is 23.5 Å². The molecule has 0 amide bonds. The highest BCUT2D eigenvalue weighted by molar-refractivity contribution is 6.33. The van der Waals surface area contributed by atoms with Crippen LogP contribution in [0.3, 0.4) is 0 Å². The molecule has 0 aromatic heterocycles. The first kappa shape index (κ1) is 23.1. The maximum atomic E-state index is 13.4. The van der Waals surface area contributed by atoms with Crippen LogP contribution in [0.15, 0.2) is 40.3 Å². The minimum atomic E-state index is -4.96. The number of alkyl halides is 6. The van der Waals surface area contributed by atoms with Gasteiger partial charge in [0.15, 0.2) is 0 Å². The normalized spacial score (nSPS) is 15.5. The van der Waals surface area contributed by atoms with E-state index in [1.54, 1.807) is 19.1 Å². The highest BCUT2D eigenvalue weighted by Gasteiger charge is 2.37. The molecule has 2 aromatic rings. The minimum Gasteiger partial charge on any atom is -0.317 e. The molecule has 31 heavy (non-hydrogen) atoms. The summed E-state index contributed by atoms with van der Waals surface area (Å²) in [4.78, 5) is 9.95.